The van der Waals surface area contributed by atoms with Gasteiger partial charge in [0.25, 0.3) is 0 Å². The zero-order valence-corrected chi connectivity index (χ0v) is 20.1. The van der Waals surface area contributed by atoms with E-state index in [2.05, 4.69) is 17.2 Å². The number of rotatable bonds is 7. The summed E-state index contributed by atoms with van der Waals surface area (Å²) >= 11 is 0. The molecule has 182 valence electrons. The summed E-state index contributed by atoms with van der Waals surface area (Å²) in [6, 6.07) is 19.1. The van der Waals surface area contributed by atoms with Crippen LogP contribution in [0.5, 0.6) is 0 Å². The maximum Gasteiger partial charge on any atom is 0.416 e. The lowest BCUT2D eigenvalue weighted by Gasteiger charge is -2.16. The summed E-state index contributed by atoms with van der Waals surface area (Å²) in [5.41, 5.74) is 2.89. The highest BCUT2D eigenvalue weighted by Gasteiger charge is 2.31. The van der Waals surface area contributed by atoms with Gasteiger partial charge in [0.1, 0.15) is 11.6 Å². The first-order valence-electron chi connectivity index (χ1n) is 11.3. The van der Waals surface area contributed by atoms with E-state index in [4.69, 9.17) is 4.98 Å². The number of benzene rings is 2. The number of imidazole rings is 1. The van der Waals surface area contributed by atoms with Gasteiger partial charge < -0.3 is 14.8 Å². The van der Waals surface area contributed by atoms with E-state index in [0.29, 0.717) is 23.6 Å². The number of pyridine rings is 1. The molecule has 0 bridgehead atoms. The molecule has 1 atom stereocenters. The Kier molecular flexibility index (Phi) is 6.93. The fourth-order valence-corrected chi connectivity index (χ4v) is 4.05. The lowest BCUT2D eigenvalue weighted by atomic mass is 10.0. The second-order valence-corrected chi connectivity index (χ2v) is 8.81. The quantitative estimate of drug-likeness (QED) is 0.333. The third kappa shape index (κ3) is 5.54. The van der Waals surface area contributed by atoms with Crippen molar-refractivity contribution >= 4 is 5.82 Å². The molecule has 0 aliphatic carbocycles. The molecule has 0 aliphatic heterocycles. The van der Waals surface area contributed by atoms with Crippen LogP contribution in [0, 0.1) is 0 Å². The van der Waals surface area contributed by atoms with Crippen LogP contribution in [-0.4, -0.2) is 33.5 Å². The number of nitrogens with one attached hydrogen (secondary N) is 1. The Balaban J connectivity index is 1.78. The van der Waals surface area contributed by atoms with Gasteiger partial charge in [-0.1, -0.05) is 42.5 Å². The molecule has 0 aliphatic rings. The van der Waals surface area contributed by atoms with Gasteiger partial charge in [0.15, 0.2) is 0 Å². The van der Waals surface area contributed by atoms with Crippen LogP contribution in [0.1, 0.15) is 29.9 Å². The van der Waals surface area contributed by atoms with Crippen LogP contribution >= 0.6 is 0 Å². The topological polar surface area (TPSA) is 46.0 Å². The molecule has 1 N–H and O–H groups in total. The molecule has 0 saturated carbocycles. The minimum atomic E-state index is -4.43. The van der Waals surface area contributed by atoms with Crippen molar-refractivity contribution in [3.63, 3.8) is 0 Å². The first-order valence-corrected chi connectivity index (χ1v) is 11.3. The van der Waals surface area contributed by atoms with Crippen LogP contribution in [0.3, 0.4) is 0 Å². The lowest BCUT2D eigenvalue weighted by molar-refractivity contribution is -0.137. The van der Waals surface area contributed by atoms with Crippen molar-refractivity contribution < 1.29 is 13.2 Å². The Labute approximate surface area is 203 Å². The molecule has 5 nitrogen and oxygen atoms in total. The third-order valence-corrected chi connectivity index (χ3v) is 5.81. The smallest absolute Gasteiger partial charge is 0.364 e. The highest BCUT2D eigenvalue weighted by molar-refractivity contribution is 5.80. The standard InChI is InChI=1S/C27H28F3N5/c1-18(19-9-6-5-7-10-19)32-23-16-21(13-14-31-23)26-25(33-24(35(26)4)17-34(2)3)20-11-8-12-22(15-20)27(28,29)30/h5-16,18H,17H2,1-4H3,(H,31,32). The lowest BCUT2D eigenvalue weighted by Crippen LogP contribution is -2.14. The van der Waals surface area contributed by atoms with Crippen LogP contribution in [0.25, 0.3) is 22.5 Å². The zero-order chi connectivity index (χ0) is 25.2. The van der Waals surface area contributed by atoms with E-state index in [1.807, 2.05) is 73.1 Å². The second-order valence-electron chi connectivity index (χ2n) is 8.81. The molecule has 0 fully saturated rings. The number of alkyl halides is 3. The minimum absolute atomic E-state index is 0.0257. The first kappa shape index (κ1) is 24.5. The van der Waals surface area contributed by atoms with Crippen molar-refractivity contribution in [3.05, 3.63) is 89.9 Å². The fraction of sp³-hybridized carbons (Fsp3) is 0.259. The number of aromatic nitrogens is 3. The molecule has 2 aromatic heterocycles. The molecule has 0 radical (unpaired) electrons. The van der Waals surface area contributed by atoms with Gasteiger partial charge in [-0.05, 0) is 50.8 Å². The van der Waals surface area contributed by atoms with Gasteiger partial charge in [0.05, 0.1) is 23.5 Å². The molecular formula is C27H28F3N5. The van der Waals surface area contributed by atoms with E-state index in [0.717, 1.165) is 34.8 Å². The van der Waals surface area contributed by atoms with Gasteiger partial charge in [-0.3, -0.25) is 0 Å². The van der Waals surface area contributed by atoms with E-state index >= 15 is 0 Å². The summed E-state index contributed by atoms with van der Waals surface area (Å²) in [5.74, 6) is 1.42. The van der Waals surface area contributed by atoms with Gasteiger partial charge in [-0.15, -0.1) is 0 Å². The molecule has 2 aromatic carbocycles. The molecule has 35 heavy (non-hydrogen) atoms. The van der Waals surface area contributed by atoms with Crippen LogP contribution in [0.4, 0.5) is 19.0 Å². The molecule has 4 rings (SSSR count). The molecule has 4 aromatic rings. The predicted molar refractivity (Wildman–Crippen MR) is 133 cm³/mol. The van der Waals surface area contributed by atoms with Crippen LogP contribution in [0.2, 0.25) is 0 Å². The monoisotopic (exact) mass is 479 g/mol. The fourth-order valence-electron chi connectivity index (χ4n) is 4.05. The number of halogens is 3. The zero-order valence-electron chi connectivity index (χ0n) is 20.1. The third-order valence-electron chi connectivity index (χ3n) is 5.81. The van der Waals surface area contributed by atoms with E-state index in [1.54, 1.807) is 12.3 Å². The van der Waals surface area contributed by atoms with E-state index in [1.165, 1.54) is 6.07 Å². The van der Waals surface area contributed by atoms with Crippen molar-refractivity contribution in [1.29, 1.82) is 0 Å². The van der Waals surface area contributed by atoms with Crippen LogP contribution < -0.4 is 5.32 Å². The second kappa shape index (κ2) is 9.92. The largest absolute Gasteiger partial charge is 0.416 e. The highest BCUT2D eigenvalue weighted by Crippen LogP contribution is 2.37. The Morgan fingerprint density at radius 2 is 1.71 bits per heavy atom. The highest BCUT2D eigenvalue weighted by atomic mass is 19.4. The SMILES string of the molecule is CC(Nc1cc(-c2c(-c3cccc(C(F)(F)F)c3)nc(CN(C)C)n2C)ccn1)c1ccccc1. The van der Waals surface area contributed by atoms with Gasteiger partial charge in [0, 0.05) is 30.4 Å². The molecular weight excluding hydrogens is 451 g/mol. The van der Waals surface area contributed by atoms with Crippen molar-refractivity contribution in [2.75, 3.05) is 19.4 Å². The average Bonchev–Trinajstić information content (AvgIpc) is 3.14. The van der Waals surface area contributed by atoms with Crippen molar-refractivity contribution in [1.82, 2.24) is 19.4 Å². The molecule has 0 amide bonds. The summed E-state index contributed by atoms with van der Waals surface area (Å²) < 4.78 is 42.2. The summed E-state index contributed by atoms with van der Waals surface area (Å²) in [6.45, 7) is 2.60. The molecule has 2 heterocycles. The van der Waals surface area contributed by atoms with Crippen LogP contribution in [-0.2, 0) is 19.8 Å². The Bertz CT molecular complexity index is 1300. The Hall–Kier alpha value is -3.65. The maximum absolute atomic E-state index is 13.4. The van der Waals surface area contributed by atoms with E-state index in [-0.39, 0.29) is 6.04 Å². The van der Waals surface area contributed by atoms with E-state index < -0.39 is 11.7 Å². The summed E-state index contributed by atoms with van der Waals surface area (Å²) in [4.78, 5) is 11.2. The van der Waals surface area contributed by atoms with Crippen molar-refractivity contribution in [2.45, 2.75) is 25.7 Å². The molecule has 1 unspecified atom stereocenters. The average molecular weight is 480 g/mol. The normalized spacial score (nSPS) is 12.7. The van der Waals surface area contributed by atoms with Crippen molar-refractivity contribution in [2.24, 2.45) is 7.05 Å². The first-order chi connectivity index (χ1) is 16.6. The Morgan fingerprint density at radius 1 is 0.971 bits per heavy atom. The molecule has 0 spiro atoms. The predicted octanol–water partition coefficient (Wildman–Crippen LogP) is 6.40. The summed E-state index contributed by atoms with van der Waals surface area (Å²) in [5, 5.41) is 3.42. The number of hydrogen-bond donors (Lipinski definition) is 1. The molecule has 0 saturated heterocycles. The maximum atomic E-state index is 13.4. The number of hydrogen-bond acceptors (Lipinski definition) is 4. The van der Waals surface area contributed by atoms with Gasteiger partial charge in [-0.25, -0.2) is 9.97 Å². The van der Waals surface area contributed by atoms with Gasteiger partial charge in [0.2, 0.25) is 0 Å². The van der Waals surface area contributed by atoms with Gasteiger partial charge >= 0.3 is 6.18 Å². The summed E-state index contributed by atoms with van der Waals surface area (Å²) in [7, 11) is 5.74. The van der Waals surface area contributed by atoms with E-state index in [9.17, 15) is 13.2 Å². The Morgan fingerprint density at radius 3 is 2.40 bits per heavy atom. The minimum Gasteiger partial charge on any atom is -0.364 e. The van der Waals surface area contributed by atoms with Crippen LogP contribution in [0.15, 0.2) is 72.9 Å². The summed E-state index contributed by atoms with van der Waals surface area (Å²) in [6.07, 6.45) is -2.73. The van der Waals surface area contributed by atoms with Gasteiger partial charge in [-0.2, -0.15) is 13.2 Å². The number of nitrogens with zero attached hydrogens (tertiary/aromatic N) is 4. The van der Waals surface area contributed by atoms with Crippen molar-refractivity contribution in [3.8, 4) is 22.5 Å². The number of anilines is 1. The molecule has 8 heteroatoms.